The summed E-state index contributed by atoms with van der Waals surface area (Å²) < 4.78 is 0. The number of piperazine rings is 1. The Labute approximate surface area is 113 Å². The van der Waals surface area contributed by atoms with Crippen LogP contribution in [0.15, 0.2) is 0 Å². The Morgan fingerprint density at radius 1 is 1.11 bits per heavy atom. The Kier molecular flexibility index (Phi) is 5.93. The topological polar surface area (TPSA) is 18.5 Å². The van der Waals surface area contributed by atoms with Gasteiger partial charge in [0.05, 0.1) is 0 Å². The van der Waals surface area contributed by atoms with Crippen molar-refractivity contribution in [2.24, 2.45) is 5.92 Å². The largest absolute Gasteiger partial charge is 0.315 e. The molecule has 0 aromatic heterocycles. The van der Waals surface area contributed by atoms with Gasteiger partial charge in [0.15, 0.2) is 0 Å². The van der Waals surface area contributed by atoms with Crippen LogP contribution in [0, 0.1) is 5.92 Å². The SMILES string of the molecule is CC(C)CCNCCN1CCN2CCCCC2C1. The van der Waals surface area contributed by atoms with Crippen LogP contribution < -0.4 is 5.32 Å². The first-order valence-electron chi connectivity index (χ1n) is 7.93. The van der Waals surface area contributed by atoms with E-state index in [4.69, 9.17) is 0 Å². The second-order valence-corrected chi connectivity index (χ2v) is 6.42. The quantitative estimate of drug-likeness (QED) is 0.728. The van der Waals surface area contributed by atoms with Crippen LogP contribution in [0.2, 0.25) is 0 Å². The minimum Gasteiger partial charge on any atom is -0.315 e. The van der Waals surface area contributed by atoms with Gasteiger partial charge in [0.2, 0.25) is 0 Å². The highest BCUT2D eigenvalue weighted by molar-refractivity contribution is 4.85. The third-order valence-electron chi connectivity index (χ3n) is 4.42. The van der Waals surface area contributed by atoms with Crippen molar-refractivity contribution in [2.45, 2.75) is 45.6 Å². The predicted molar refractivity (Wildman–Crippen MR) is 78.0 cm³/mol. The number of fused-ring (bicyclic) bond motifs is 1. The second-order valence-electron chi connectivity index (χ2n) is 6.42. The van der Waals surface area contributed by atoms with Crippen LogP contribution in [0.25, 0.3) is 0 Å². The maximum Gasteiger partial charge on any atom is 0.0223 e. The summed E-state index contributed by atoms with van der Waals surface area (Å²) in [6.45, 7) is 13.4. The van der Waals surface area contributed by atoms with E-state index >= 15 is 0 Å². The van der Waals surface area contributed by atoms with Crippen molar-refractivity contribution in [2.75, 3.05) is 45.8 Å². The van der Waals surface area contributed by atoms with Crippen molar-refractivity contribution < 1.29 is 0 Å². The molecule has 0 radical (unpaired) electrons. The number of piperidine rings is 1. The van der Waals surface area contributed by atoms with Crippen LogP contribution in [-0.2, 0) is 0 Å². The summed E-state index contributed by atoms with van der Waals surface area (Å²) in [5.41, 5.74) is 0. The summed E-state index contributed by atoms with van der Waals surface area (Å²) in [6.07, 6.45) is 5.60. The zero-order valence-corrected chi connectivity index (χ0v) is 12.3. The Hall–Kier alpha value is -0.120. The zero-order chi connectivity index (χ0) is 12.8. The van der Waals surface area contributed by atoms with Crippen LogP contribution in [0.1, 0.15) is 39.5 Å². The molecule has 2 aliphatic rings. The zero-order valence-electron chi connectivity index (χ0n) is 12.3. The maximum absolute atomic E-state index is 3.58. The third kappa shape index (κ3) is 4.52. The Balaban J connectivity index is 1.57. The number of hydrogen-bond acceptors (Lipinski definition) is 3. The van der Waals surface area contributed by atoms with E-state index in [1.54, 1.807) is 0 Å². The van der Waals surface area contributed by atoms with Gasteiger partial charge in [0.1, 0.15) is 0 Å². The first-order valence-corrected chi connectivity index (χ1v) is 7.93. The molecule has 3 heteroatoms. The molecule has 0 aromatic rings. The lowest BCUT2D eigenvalue weighted by atomic mass is 9.99. The van der Waals surface area contributed by atoms with Gasteiger partial charge in [0.25, 0.3) is 0 Å². The van der Waals surface area contributed by atoms with Gasteiger partial charge in [0, 0.05) is 38.8 Å². The summed E-state index contributed by atoms with van der Waals surface area (Å²) in [5.74, 6) is 0.822. The van der Waals surface area contributed by atoms with Gasteiger partial charge in [-0.2, -0.15) is 0 Å². The fraction of sp³-hybridized carbons (Fsp3) is 1.00. The Morgan fingerprint density at radius 3 is 2.83 bits per heavy atom. The molecule has 0 aromatic carbocycles. The van der Waals surface area contributed by atoms with Gasteiger partial charge in [-0.1, -0.05) is 20.3 Å². The van der Waals surface area contributed by atoms with Gasteiger partial charge in [-0.15, -0.1) is 0 Å². The fourth-order valence-corrected chi connectivity index (χ4v) is 3.18. The van der Waals surface area contributed by atoms with Crippen molar-refractivity contribution in [3.63, 3.8) is 0 Å². The van der Waals surface area contributed by atoms with E-state index in [2.05, 4.69) is 29.0 Å². The average Bonchev–Trinajstić information content (AvgIpc) is 2.38. The molecular formula is C15H31N3. The number of nitrogens with zero attached hydrogens (tertiary/aromatic N) is 2. The molecule has 1 unspecified atom stereocenters. The van der Waals surface area contributed by atoms with Crippen molar-refractivity contribution in [1.29, 1.82) is 0 Å². The second kappa shape index (κ2) is 7.46. The lowest BCUT2D eigenvalue weighted by Crippen LogP contribution is -2.55. The maximum atomic E-state index is 3.58. The van der Waals surface area contributed by atoms with Crippen molar-refractivity contribution in [3.05, 3.63) is 0 Å². The van der Waals surface area contributed by atoms with Crippen LogP contribution in [-0.4, -0.2) is 61.7 Å². The smallest absolute Gasteiger partial charge is 0.0223 e. The molecular weight excluding hydrogens is 222 g/mol. The molecule has 0 bridgehead atoms. The summed E-state index contributed by atoms with van der Waals surface area (Å²) in [4.78, 5) is 5.38. The Morgan fingerprint density at radius 2 is 2.00 bits per heavy atom. The fourth-order valence-electron chi connectivity index (χ4n) is 3.18. The van der Waals surface area contributed by atoms with Crippen molar-refractivity contribution >= 4 is 0 Å². The van der Waals surface area contributed by atoms with Crippen molar-refractivity contribution in [3.8, 4) is 0 Å². The lowest BCUT2D eigenvalue weighted by Gasteiger charge is -2.44. The van der Waals surface area contributed by atoms with Gasteiger partial charge >= 0.3 is 0 Å². The molecule has 1 N–H and O–H groups in total. The molecule has 2 heterocycles. The number of rotatable bonds is 6. The van der Waals surface area contributed by atoms with Crippen LogP contribution >= 0.6 is 0 Å². The van der Waals surface area contributed by atoms with E-state index in [9.17, 15) is 0 Å². The van der Waals surface area contributed by atoms with E-state index in [0.29, 0.717) is 0 Å². The molecule has 2 rings (SSSR count). The normalized spacial score (nSPS) is 26.5. The monoisotopic (exact) mass is 253 g/mol. The van der Waals surface area contributed by atoms with E-state index in [1.807, 2.05) is 0 Å². The van der Waals surface area contributed by atoms with Crippen LogP contribution in [0.5, 0.6) is 0 Å². The first-order chi connectivity index (χ1) is 8.75. The van der Waals surface area contributed by atoms with E-state index in [0.717, 1.165) is 12.0 Å². The van der Waals surface area contributed by atoms with Crippen LogP contribution in [0.4, 0.5) is 0 Å². The highest BCUT2D eigenvalue weighted by atomic mass is 15.3. The summed E-state index contributed by atoms with van der Waals surface area (Å²) in [5, 5.41) is 3.58. The molecule has 0 spiro atoms. The summed E-state index contributed by atoms with van der Waals surface area (Å²) in [6, 6.07) is 0.864. The standard InChI is InChI=1S/C15H31N3/c1-14(2)6-7-16-8-10-17-11-12-18-9-4-3-5-15(18)13-17/h14-16H,3-13H2,1-2H3. The molecule has 18 heavy (non-hydrogen) atoms. The molecule has 0 amide bonds. The molecule has 1 atom stereocenters. The predicted octanol–water partition coefficient (Wildman–Crippen LogP) is 1.79. The lowest BCUT2D eigenvalue weighted by molar-refractivity contribution is 0.0500. The molecule has 3 nitrogen and oxygen atoms in total. The molecule has 2 fully saturated rings. The highest BCUT2D eigenvalue weighted by Crippen LogP contribution is 2.20. The summed E-state index contributed by atoms with van der Waals surface area (Å²) in [7, 11) is 0. The third-order valence-corrected chi connectivity index (χ3v) is 4.42. The number of hydrogen-bond donors (Lipinski definition) is 1. The molecule has 2 saturated heterocycles. The molecule has 0 aliphatic carbocycles. The van der Waals surface area contributed by atoms with Gasteiger partial charge in [-0.05, 0) is 38.3 Å². The molecule has 106 valence electrons. The van der Waals surface area contributed by atoms with E-state index in [1.165, 1.54) is 71.5 Å². The minimum atomic E-state index is 0.822. The van der Waals surface area contributed by atoms with Gasteiger partial charge in [-0.3, -0.25) is 9.80 Å². The van der Waals surface area contributed by atoms with Crippen LogP contribution in [0.3, 0.4) is 0 Å². The van der Waals surface area contributed by atoms with Crippen molar-refractivity contribution in [1.82, 2.24) is 15.1 Å². The van der Waals surface area contributed by atoms with E-state index < -0.39 is 0 Å². The highest BCUT2D eigenvalue weighted by Gasteiger charge is 2.28. The molecule has 0 saturated carbocycles. The Bertz CT molecular complexity index is 230. The van der Waals surface area contributed by atoms with E-state index in [-0.39, 0.29) is 0 Å². The first kappa shape index (κ1) is 14.3. The van der Waals surface area contributed by atoms with Gasteiger partial charge in [-0.25, -0.2) is 0 Å². The number of nitrogens with one attached hydrogen (secondary N) is 1. The molecule has 2 aliphatic heterocycles. The minimum absolute atomic E-state index is 0.822. The summed E-state index contributed by atoms with van der Waals surface area (Å²) >= 11 is 0. The average molecular weight is 253 g/mol. The van der Waals surface area contributed by atoms with Gasteiger partial charge < -0.3 is 5.32 Å².